The lowest BCUT2D eigenvalue weighted by molar-refractivity contribution is 0.596. The van der Waals surface area contributed by atoms with Crippen molar-refractivity contribution in [1.29, 1.82) is 0 Å². The summed E-state index contributed by atoms with van der Waals surface area (Å²) in [6.45, 7) is 3.31. The molecule has 2 nitrogen and oxygen atoms in total. The van der Waals surface area contributed by atoms with Gasteiger partial charge in [-0.15, -0.1) is 0 Å². The van der Waals surface area contributed by atoms with Crippen LogP contribution in [0, 0.1) is 0 Å². The maximum atomic E-state index is 4.85. The van der Waals surface area contributed by atoms with Gasteiger partial charge in [-0.05, 0) is 24.1 Å². The highest BCUT2D eigenvalue weighted by molar-refractivity contribution is 5.76. The van der Waals surface area contributed by atoms with E-state index in [4.69, 9.17) is 4.98 Å². The Morgan fingerprint density at radius 1 is 0.905 bits per heavy atom. The number of para-hydroxylation sites is 2. The van der Waals surface area contributed by atoms with E-state index >= 15 is 0 Å². The third kappa shape index (κ3) is 3.15. The fourth-order valence-corrected chi connectivity index (χ4v) is 2.81. The fourth-order valence-electron chi connectivity index (χ4n) is 2.81. The van der Waals surface area contributed by atoms with Gasteiger partial charge >= 0.3 is 0 Å². The first-order valence-corrected chi connectivity index (χ1v) is 7.86. The van der Waals surface area contributed by atoms with Gasteiger partial charge in [0.1, 0.15) is 5.82 Å². The van der Waals surface area contributed by atoms with E-state index in [1.807, 2.05) is 0 Å². The van der Waals surface area contributed by atoms with Crippen LogP contribution < -0.4 is 0 Å². The molecule has 1 aromatic heterocycles. The highest BCUT2D eigenvalue weighted by Gasteiger charge is 2.10. The molecule has 2 aromatic carbocycles. The SMILES string of the molecule is CCCCCn1c(Cc2ccccc2)nc2ccccc21. The molecule has 0 aliphatic carbocycles. The van der Waals surface area contributed by atoms with Crippen LogP contribution in [0.25, 0.3) is 11.0 Å². The second-order valence-corrected chi connectivity index (χ2v) is 5.54. The topological polar surface area (TPSA) is 17.8 Å². The smallest absolute Gasteiger partial charge is 0.114 e. The zero-order valence-electron chi connectivity index (χ0n) is 12.6. The maximum Gasteiger partial charge on any atom is 0.114 e. The summed E-state index contributed by atoms with van der Waals surface area (Å²) in [6.07, 6.45) is 4.65. The van der Waals surface area contributed by atoms with E-state index in [1.54, 1.807) is 0 Å². The molecule has 21 heavy (non-hydrogen) atoms. The van der Waals surface area contributed by atoms with Gasteiger partial charge in [0.15, 0.2) is 0 Å². The van der Waals surface area contributed by atoms with Crippen molar-refractivity contribution in [3.05, 3.63) is 66.0 Å². The first-order chi connectivity index (χ1) is 10.4. The molecule has 3 aromatic rings. The van der Waals surface area contributed by atoms with Crippen molar-refractivity contribution in [3.8, 4) is 0 Å². The van der Waals surface area contributed by atoms with Gasteiger partial charge in [-0.3, -0.25) is 0 Å². The van der Waals surface area contributed by atoms with Gasteiger partial charge in [0.05, 0.1) is 11.0 Å². The molecule has 0 saturated heterocycles. The van der Waals surface area contributed by atoms with E-state index in [0.717, 1.165) is 18.5 Å². The molecule has 0 amide bonds. The third-order valence-corrected chi connectivity index (χ3v) is 3.92. The van der Waals surface area contributed by atoms with Crippen molar-refractivity contribution in [1.82, 2.24) is 9.55 Å². The summed E-state index contributed by atoms with van der Waals surface area (Å²) >= 11 is 0. The van der Waals surface area contributed by atoms with Crippen molar-refractivity contribution >= 4 is 11.0 Å². The number of aryl methyl sites for hydroxylation is 1. The van der Waals surface area contributed by atoms with Gasteiger partial charge in [0, 0.05) is 13.0 Å². The summed E-state index contributed by atoms with van der Waals surface area (Å²) in [4.78, 5) is 4.85. The van der Waals surface area contributed by atoms with E-state index < -0.39 is 0 Å². The molecule has 1 heterocycles. The molecular weight excluding hydrogens is 256 g/mol. The van der Waals surface area contributed by atoms with Gasteiger partial charge in [0.25, 0.3) is 0 Å². The largest absolute Gasteiger partial charge is 0.328 e. The summed E-state index contributed by atoms with van der Waals surface area (Å²) in [5.41, 5.74) is 3.70. The van der Waals surface area contributed by atoms with E-state index in [-0.39, 0.29) is 0 Å². The highest BCUT2D eigenvalue weighted by atomic mass is 15.1. The minimum absolute atomic E-state index is 0.904. The monoisotopic (exact) mass is 278 g/mol. The van der Waals surface area contributed by atoms with Crippen molar-refractivity contribution in [2.24, 2.45) is 0 Å². The predicted octanol–water partition coefficient (Wildman–Crippen LogP) is 4.82. The van der Waals surface area contributed by atoms with Gasteiger partial charge in [-0.25, -0.2) is 4.98 Å². The van der Waals surface area contributed by atoms with Crippen molar-refractivity contribution in [2.45, 2.75) is 39.2 Å². The maximum absolute atomic E-state index is 4.85. The van der Waals surface area contributed by atoms with E-state index in [1.165, 1.54) is 36.2 Å². The van der Waals surface area contributed by atoms with Crippen LogP contribution in [0.15, 0.2) is 54.6 Å². The van der Waals surface area contributed by atoms with Crippen LogP contribution in [0.5, 0.6) is 0 Å². The lowest BCUT2D eigenvalue weighted by Crippen LogP contribution is -2.05. The minimum Gasteiger partial charge on any atom is -0.328 e. The molecule has 0 fully saturated rings. The summed E-state index contributed by atoms with van der Waals surface area (Å²) in [5.74, 6) is 1.18. The fraction of sp³-hybridized carbons (Fsp3) is 0.316. The second kappa shape index (κ2) is 6.57. The third-order valence-electron chi connectivity index (χ3n) is 3.92. The van der Waals surface area contributed by atoms with Crippen LogP contribution in [-0.4, -0.2) is 9.55 Å². The summed E-state index contributed by atoms with van der Waals surface area (Å²) in [7, 11) is 0. The Labute approximate surface area is 126 Å². The molecule has 0 N–H and O–H groups in total. The van der Waals surface area contributed by atoms with Crippen LogP contribution in [0.2, 0.25) is 0 Å². The lowest BCUT2D eigenvalue weighted by atomic mass is 10.1. The van der Waals surface area contributed by atoms with Gasteiger partial charge in [-0.1, -0.05) is 62.2 Å². The highest BCUT2D eigenvalue weighted by Crippen LogP contribution is 2.19. The molecule has 0 aliphatic rings. The number of nitrogens with zero attached hydrogens (tertiary/aromatic N) is 2. The summed E-state index contributed by atoms with van der Waals surface area (Å²) in [5, 5.41) is 0. The Bertz CT molecular complexity index is 698. The van der Waals surface area contributed by atoms with Crippen molar-refractivity contribution in [3.63, 3.8) is 0 Å². The quantitative estimate of drug-likeness (QED) is 0.591. The standard InChI is InChI=1S/C19H22N2/c1-2-3-9-14-21-18-13-8-7-12-17(18)20-19(21)15-16-10-5-4-6-11-16/h4-8,10-13H,2-3,9,14-15H2,1H3. The molecule has 0 atom stereocenters. The van der Waals surface area contributed by atoms with E-state index in [9.17, 15) is 0 Å². The number of imidazole rings is 1. The Balaban J connectivity index is 1.94. The van der Waals surface area contributed by atoms with Gasteiger partial charge in [0.2, 0.25) is 0 Å². The number of fused-ring (bicyclic) bond motifs is 1. The molecule has 0 saturated carbocycles. The van der Waals surface area contributed by atoms with E-state index in [0.29, 0.717) is 0 Å². The first-order valence-electron chi connectivity index (χ1n) is 7.86. The molecule has 0 radical (unpaired) electrons. The van der Waals surface area contributed by atoms with E-state index in [2.05, 4.69) is 66.1 Å². The normalized spacial score (nSPS) is 11.1. The summed E-state index contributed by atoms with van der Waals surface area (Å²) in [6, 6.07) is 19.1. The minimum atomic E-state index is 0.904. The lowest BCUT2D eigenvalue weighted by Gasteiger charge is -2.09. The number of benzene rings is 2. The van der Waals surface area contributed by atoms with Crippen molar-refractivity contribution in [2.75, 3.05) is 0 Å². The molecule has 108 valence electrons. The number of rotatable bonds is 6. The average Bonchev–Trinajstić information content (AvgIpc) is 2.86. The zero-order chi connectivity index (χ0) is 14.5. The molecular formula is C19H22N2. The first kappa shape index (κ1) is 13.9. The molecule has 3 rings (SSSR count). The summed E-state index contributed by atoms with van der Waals surface area (Å²) < 4.78 is 2.40. The second-order valence-electron chi connectivity index (χ2n) is 5.54. The van der Waals surface area contributed by atoms with Gasteiger partial charge in [-0.2, -0.15) is 0 Å². The number of unbranched alkanes of at least 4 members (excludes halogenated alkanes) is 2. The molecule has 0 aliphatic heterocycles. The predicted molar refractivity (Wildman–Crippen MR) is 88.5 cm³/mol. The van der Waals surface area contributed by atoms with Crippen LogP contribution in [-0.2, 0) is 13.0 Å². The van der Waals surface area contributed by atoms with Crippen LogP contribution >= 0.6 is 0 Å². The molecule has 0 unspecified atom stereocenters. The van der Waals surface area contributed by atoms with Crippen molar-refractivity contribution < 1.29 is 0 Å². The van der Waals surface area contributed by atoms with Crippen LogP contribution in [0.4, 0.5) is 0 Å². The number of hydrogen-bond donors (Lipinski definition) is 0. The Morgan fingerprint density at radius 3 is 2.48 bits per heavy atom. The Hall–Kier alpha value is -2.09. The van der Waals surface area contributed by atoms with Crippen LogP contribution in [0.1, 0.15) is 37.6 Å². The molecule has 0 bridgehead atoms. The molecule has 2 heteroatoms. The number of aromatic nitrogens is 2. The Kier molecular flexibility index (Phi) is 4.34. The van der Waals surface area contributed by atoms with Gasteiger partial charge < -0.3 is 4.57 Å². The number of hydrogen-bond acceptors (Lipinski definition) is 1. The van der Waals surface area contributed by atoms with Crippen LogP contribution in [0.3, 0.4) is 0 Å². The zero-order valence-corrected chi connectivity index (χ0v) is 12.6. The average molecular weight is 278 g/mol. The molecule has 0 spiro atoms. The Morgan fingerprint density at radius 2 is 1.67 bits per heavy atom.